The van der Waals surface area contributed by atoms with E-state index in [1.807, 2.05) is 0 Å². The summed E-state index contributed by atoms with van der Waals surface area (Å²) >= 11 is 0. The fourth-order valence-corrected chi connectivity index (χ4v) is 3.54. The second-order valence-corrected chi connectivity index (χ2v) is 6.51. The maximum atomic E-state index is 12.5. The number of hydrogen-bond acceptors (Lipinski definition) is 2. The van der Waals surface area contributed by atoms with E-state index in [2.05, 4.69) is 24.1 Å². The molecule has 110 valence electrons. The normalized spacial score (nSPS) is 33.1. The van der Waals surface area contributed by atoms with Crippen molar-refractivity contribution in [1.82, 2.24) is 10.2 Å². The van der Waals surface area contributed by atoms with Crippen molar-refractivity contribution in [3.8, 4) is 0 Å². The van der Waals surface area contributed by atoms with Crippen molar-refractivity contribution in [2.75, 3.05) is 13.1 Å². The monoisotopic (exact) mass is 266 g/mol. The summed E-state index contributed by atoms with van der Waals surface area (Å²) in [5.41, 5.74) is 0. The summed E-state index contributed by atoms with van der Waals surface area (Å²) in [5, 5.41) is 3.32. The lowest BCUT2D eigenvalue weighted by Gasteiger charge is -2.36. The molecule has 1 N–H and O–H groups in total. The van der Waals surface area contributed by atoms with E-state index >= 15 is 0 Å². The molecule has 0 aromatic carbocycles. The number of piperidine rings is 1. The number of nitrogens with one attached hydrogen (secondary N) is 1. The van der Waals surface area contributed by atoms with Gasteiger partial charge in [0.15, 0.2) is 0 Å². The Labute approximate surface area is 118 Å². The molecular weight excluding hydrogens is 236 g/mol. The van der Waals surface area contributed by atoms with Gasteiger partial charge in [0.2, 0.25) is 5.91 Å². The number of hydrogen-bond donors (Lipinski definition) is 1. The van der Waals surface area contributed by atoms with Crippen LogP contribution in [-0.4, -0.2) is 36.0 Å². The molecule has 1 aliphatic carbocycles. The van der Waals surface area contributed by atoms with Crippen LogP contribution in [0.4, 0.5) is 0 Å². The van der Waals surface area contributed by atoms with Crippen molar-refractivity contribution < 1.29 is 4.79 Å². The summed E-state index contributed by atoms with van der Waals surface area (Å²) in [5.74, 6) is 1.15. The first-order valence-electron chi connectivity index (χ1n) is 8.25. The zero-order valence-electron chi connectivity index (χ0n) is 12.7. The van der Waals surface area contributed by atoms with Gasteiger partial charge in [-0.05, 0) is 64.0 Å². The van der Waals surface area contributed by atoms with Gasteiger partial charge in [-0.15, -0.1) is 0 Å². The Bertz CT molecular complexity index is 282. The Morgan fingerprint density at radius 2 is 1.89 bits per heavy atom. The minimum atomic E-state index is 0.146. The molecule has 19 heavy (non-hydrogen) atoms. The van der Waals surface area contributed by atoms with Crippen molar-refractivity contribution in [2.24, 2.45) is 5.92 Å². The van der Waals surface area contributed by atoms with Gasteiger partial charge in [0, 0.05) is 6.04 Å². The number of nitrogens with zero attached hydrogens (tertiary/aromatic N) is 1. The Hall–Kier alpha value is -0.570. The highest BCUT2D eigenvalue weighted by Gasteiger charge is 2.30. The van der Waals surface area contributed by atoms with Gasteiger partial charge in [0.05, 0.1) is 6.04 Å². The lowest BCUT2D eigenvalue weighted by Crippen LogP contribution is -2.52. The summed E-state index contributed by atoms with van der Waals surface area (Å²) in [6.45, 7) is 6.70. The quantitative estimate of drug-likeness (QED) is 0.848. The molecule has 0 spiro atoms. The minimum absolute atomic E-state index is 0.146. The SMILES string of the molecule is CCCN1CCCCC1C(=O)NC1CCC(C)CC1. The van der Waals surface area contributed by atoms with E-state index < -0.39 is 0 Å². The fourth-order valence-electron chi connectivity index (χ4n) is 3.54. The third-order valence-electron chi connectivity index (χ3n) is 4.79. The first-order valence-corrected chi connectivity index (χ1v) is 8.25. The van der Waals surface area contributed by atoms with E-state index in [1.54, 1.807) is 0 Å². The summed E-state index contributed by atoms with van der Waals surface area (Å²) < 4.78 is 0. The molecule has 3 nitrogen and oxygen atoms in total. The molecule has 1 amide bonds. The van der Waals surface area contributed by atoms with E-state index in [1.165, 1.54) is 38.5 Å². The van der Waals surface area contributed by atoms with Crippen LogP contribution in [0, 0.1) is 5.92 Å². The van der Waals surface area contributed by atoms with Gasteiger partial charge in [-0.25, -0.2) is 0 Å². The molecule has 1 unspecified atom stereocenters. The molecule has 0 bridgehead atoms. The lowest BCUT2D eigenvalue weighted by atomic mass is 9.87. The minimum Gasteiger partial charge on any atom is -0.352 e. The van der Waals surface area contributed by atoms with Crippen molar-refractivity contribution in [3.63, 3.8) is 0 Å². The van der Waals surface area contributed by atoms with E-state index in [4.69, 9.17) is 0 Å². The van der Waals surface area contributed by atoms with Crippen LogP contribution in [0.5, 0.6) is 0 Å². The van der Waals surface area contributed by atoms with Crippen molar-refractivity contribution in [2.45, 2.75) is 77.3 Å². The van der Waals surface area contributed by atoms with Gasteiger partial charge in [0.25, 0.3) is 0 Å². The second kappa shape index (κ2) is 7.28. The molecule has 1 saturated heterocycles. The van der Waals surface area contributed by atoms with Crippen molar-refractivity contribution >= 4 is 5.91 Å². The van der Waals surface area contributed by atoms with Gasteiger partial charge in [-0.3, -0.25) is 9.69 Å². The van der Waals surface area contributed by atoms with Gasteiger partial charge in [0.1, 0.15) is 0 Å². The van der Waals surface area contributed by atoms with Gasteiger partial charge < -0.3 is 5.32 Å². The van der Waals surface area contributed by atoms with E-state index in [0.717, 1.165) is 31.8 Å². The van der Waals surface area contributed by atoms with E-state index in [9.17, 15) is 4.79 Å². The predicted octanol–water partition coefficient (Wildman–Crippen LogP) is 2.95. The molecule has 1 saturated carbocycles. The molecule has 2 aliphatic rings. The van der Waals surface area contributed by atoms with Crippen molar-refractivity contribution in [1.29, 1.82) is 0 Å². The third-order valence-corrected chi connectivity index (χ3v) is 4.79. The van der Waals surface area contributed by atoms with Crippen molar-refractivity contribution in [3.05, 3.63) is 0 Å². The molecule has 1 heterocycles. The topological polar surface area (TPSA) is 32.3 Å². The molecular formula is C16H30N2O. The molecule has 0 radical (unpaired) electrons. The van der Waals surface area contributed by atoms with Crippen LogP contribution in [0.1, 0.15) is 65.2 Å². The standard InChI is InChI=1S/C16H30N2O/c1-3-11-18-12-5-4-6-15(18)16(19)17-14-9-7-13(2)8-10-14/h13-15H,3-12H2,1-2H3,(H,17,19). The molecule has 0 aromatic heterocycles. The maximum absolute atomic E-state index is 12.5. The summed E-state index contributed by atoms with van der Waals surface area (Å²) in [7, 11) is 0. The highest BCUT2D eigenvalue weighted by molar-refractivity contribution is 5.82. The Kier molecular flexibility index (Phi) is 5.68. The summed E-state index contributed by atoms with van der Waals surface area (Å²) in [6.07, 6.45) is 9.55. The molecule has 0 aromatic rings. The first-order chi connectivity index (χ1) is 9.20. The number of carbonyl (C=O) groups is 1. The van der Waals surface area contributed by atoms with Gasteiger partial charge in [-0.2, -0.15) is 0 Å². The van der Waals surface area contributed by atoms with Gasteiger partial charge in [-0.1, -0.05) is 20.3 Å². The average Bonchev–Trinajstić information content (AvgIpc) is 2.42. The largest absolute Gasteiger partial charge is 0.352 e. The van der Waals surface area contributed by atoms with E-state index in [-0.39, 0.29) is 6.04 Å². The molecule has 2 rings (SSSR count). The number of rotatable bonds is 4. The highest BCUT2D eigenvalue weighted by atomic mass is 16.2. The predicted molar refractivity (Wildman–Crippen MR) is 79.1 cm³/mol. The van der Waals surface area contributed by atoms with Crippen LogP contribution in [-0.2, 0) is 4.79 Å². The van der Waals surface area contributed by atoms with Crippen LogP contribution in [0.15, 0.2) is 0 Å². The van der Waals surface area contributed by atoms with Gasteiger partial charge >= 0.3 is 0 Å². The molecule has 2 fully saturated rings. The Balaban J connectivity index is 1.83. The Morgan fingerprint density at radius 3 is 2.58 bits per heavy atom. The average molecular weight is 266 g/mol. The molecule has 1 aliphatic heterocycles. The van der Waals surface area contributed by atoms with Crippen LogP contribution in [0.2, 0.25) is 0 Å². The van der Waals surface area contributed by atoms with Crippen LogP contribution in [0.25, 0.3) is 0 Å². The molecule has 3 heteroatoms. The van der Waals surface area contributed by atoms with Crippen LogP contribution < -0.4 is 5.32 Å². The molecule has 1 atom stereocenters. The summed E-state index contributed by atoms with van der Waals surface area (Å²) in [4.78, 5) is 14.9. The second-order valence-electron chi connectivity index (χ2n) is 6.51. The lowest BCUT2D eigenvalue weighted by molar-refractivity contribution is -0.128. The first kappa shape index (κ1) is 14.8. The smallest absolute Gasteiger partial charge is 0.237 e. The zero-order valence-corrected chi connectivity index (χ0v) is 12.7. The van der Waals surface area contributed by atoms with Crippen LogP contribution in [0.3, 0.4) is 0 Å². The van der Waals surface area contributed by atoms with E-state index in [0.29, 0.717) is 11.9 Å². The number of likely N-dealkylation sites (tertiary alicyclic amines) is 1. The highest BCUT2D eigenvalue weighted by Crippen LogP contribution is 2.24. The Morgan fingerprint density at radius 1 is 1.16 bits per heavy atom. The zero-order chi connectivity index (χ0) is 13.7. The summed E-state index contributed by atoms with van der Waals surface area (Å²) in [6, 6.07) is 0.585. The number of carbonyl (C=O) groups excluding carboxylic acids is 1. The van der Waals surface area contributed by atoms with Crippen LogP contribution >= 0.6 is 0 Å². The maximum Gasteiger partial charge on any atom is 0.237 e. The fraction of sp³-hybridized carbons (Fsp3) is 0.938. The number of amides is 1. The third kappa shape index (κ3) is 4.20.